The summed E-state index contributed by atoms with van der Waals surface area (Å²) in [6.45, 7) is 9.54. The number of hydrogen-bond donors (Lipinski definition) is 2. The average molecular weight is 423 g/mol. The molecule has 0 unspecified atom stereocenters. The number of aryl methyl sites for hydroxylation is 1. The van der Waals surface area contributed by atoms with Crippen molar-refractivity contribution in [3.8, 4) is 0 Å². The highest BCUT2D eigenvalue weighted by Crippen LogP contribution is 2.34. The standard InChI is InChI=1S/C24H31FN6/c1-3-30-10-12-31(13-11-30)21-9-5-7-19-23(21)29-24(28-19)20-8-4-6-18(27-20)22-16(2)14-17(25)15-26-22/h5,7,9,14-15,18,20,27H,3-4,6,8,10-13H2,1-2H3,(H,28,29)/t18-,20+/m0/s1. The summed E-state index contributed by atoms with van der Waals surface area (Å²) in [6.07, 6.45) is 4.44. The van der Waals surface area contributed by atoms with E-state index in [1.54, 1.807) is 6.07 Å². The maximum Gasteiger partial charge on any atom is 0.141 e. The minimum atomic E-state index is -0.279. The summed E-state index contributed by atoms with van der Waals surface area (Å²) in [5, 5.41) is 3.72. The highest BCUT2D eigenvalue weighted by Gasteiger charge is 2.28. The van der Waals surface area contributed by atoms with Gasteiger partial charge in [0.2, 0.25) is 0 Å². The Hall–Kier alpha value is -2.51. The maximum absolute atomic E-state index is 13.5. The largest absolute Gasteiger partial charge is 0.367 e. The van der Waals surface area contributed by atoms with Crippen LogP contribution in [0.25, 0.3) is 11.0 Å². The van der Waals surface area contributed by atoms with Crippen molar-refractivity contribution in [1.29, 1.82) is 0 Å². The van der Waals surface area contributed by atoms with Gasteiger partial charge < -0.3 is 14.8 Å². The number of nitrogens with one attached hydrogen (secondary N) is 2. The van der Waals surface area contributed by atoms with Crippen molar-refractivity contribution in [3.63, 3.8) is 0 Å². The number of aromatic nitrogens is 3. The molecule has 0 radical (unpaired) electrons. The SMILES string of the molecule is CCN1CCN(c2cccc3[nH]c([C@H]4CCC[C@@H](c5ncc(F)cc5C)N4)nc23)CC1. The molecule has 0 amide bonds. The molecule has 2 aromatic heterocycles. The van der Waals surface area contributed by atoms with Gasteiger partial charge in [-0.15, -0.1) is 0 Å². The number of pyridine rings is 1. The van der Waals surface area contributed by atoms with E-state index in [-0.39, 0.29) is 17.9 Å². The van der Waals surface area contributed by atoms with E-state index in [4.69, 9.17) is 4.98 Å². The molecule has 0 aliphatic carbocycles. The number of benzene rings is 1. The second-order valence-electron chi connectivity index (χ2n) is 8.78. The molecule has 3 aromatic rings. The normalized spacial score (nSPS) is 22.9. The predicted octanol–water partition coefficient (Wildman–Crippen LogP) is 4.10. The first kappa shape index (κ1) is 20.4. The number of rotatable bonds is 4. The number of nitrogens with zero attached hydrogens (tertiary/aromatic N) is 4. The lowest BCUT2D eigenvalue weighted by atomic mass is 9.94. The highest BCUT2D eigenvalue weighted by atomic mass is 19.1. The summed E-state index contributed by atoms with van der Waals surface area (Å²) in [5.74, 6) is 0.706. The first-order valence-electron chi connectivity index (χ1n) is 11.5. The van der Waals surface area contributed by atoms with Crippen LogP contribution in [0.3, 0.4) is 0 Å². The third kappa shape index (κ3) is 4.04. The van der Waals surface area contributed by atoms with Gasteiger partial charge in [-0.05, 0) is 56.5 Å². The molecule has 31 heavy (non-hydrogen) atoms. The first-order valence-corrected chi connectivity index (χ1v) is 11.5. The van der Waals surface area contributed by atoms with Crippen LogP contribution in [0.4, 0.5) is 10.1 Å². The highest BCUT2D eigenvalue weighted by molar-refractivity contribution is 5.89. The molecule has 2 aliphatic heterocycles. The lowest BCUT2D eigenvalue weighted by molar-refractivity contribution is 0.271. The molecule has 2 aliphatic rings. The minimum Gasteiger partial charge on any atom is -0.367 e. The average Bonchev–Trinajstić information content (AvgIpc) is 3.24. The van der Waals surface area contributed by atoms with E-state index in [9.17, 15) is 4.39 Å². The Kier molecular flexibility index (Phi) is 5.63. The molecule has 2 fully saturated rings. The van der Waals surface area contributed by atoms with Gasteiger partial charge in [0.25, 0.3) is 0 Å². The van der Waals surface area contributed by atoms with Crippen LogP contribution in [0.2, 0.25) is 0 Å². The molecule has 7 heteroatoms. The van der Waals surface area contributed by atoms with Gasteiger partial charge in [-0.3, -0.25) is 10.3 Å². The van der Waals surface area contributed by atoms with E-state index >= 15 is 0 Å². The van der Waals surface area contributed by atoms with Crippen LogP contribution in [0.15, 0.2) is 30.5 Å². The van der Waals surface area contributed by atoms with Gasteiger partial charge >= 0.3 is 0 Å². The number of hydrogen-bond acceptors (Lipinski definition) is 5. The van der Waals surface area contributed by atoms with Gasteiger partial charge in [0.15, 0.2) is 0 Å². The van der Waals surface area contributed by atoms with Crippen molar-refractivity contribution in [1.82, 2.24) is 25.2 Å². The molecule has 0 spiro atoms. The van der Waals surface area contributed by atoms with Gasteiger partial charge in [0.1, 0.15) is 17.2 Å². The fraction of sp³-hybridized carbons (Fsp3) is 0.500. The van der Waals surface area contributed by atoms with Crippen molar-refractivity contribution < 1.29 is 4.39 Å². The monoisotopic (exact) mass is 422 g/mol. The van der Waals surface area contributed by atoms with E-state index in [0.717, 1.165) is 80.1 Å². The molecule has 0 saturated carbocycles. The molecule has 2 N–H and O–H groups in total. The Balaban J connectivity index is 1.39. The van der Waals surface area contributed by atoms with Gasteiger partial charge in [0.05, 0.1) is 35.2 Å². The Bertz CT molecular complexity index is 1060. The van der Waals surface area contributed by atoms with Crippen LogP contribution in [-0.4, -0.2) is 52.6 Å². The zero-order chi connectivity index (χ0) is 21.4. The minimum absolute atomic E-state index is 0.120. The summed E-state index contributed by atoms with van der Waals surface area (Å²) in [7, 11) is 0. The fourth-order valence-electron chi connectivity index (χ4n) is 5.04. The number of piperazine rings is 1. The first-order chi connectivity index (χ1) is 15.1. The van der Waals surface area contributed by atoms with Crippen LogP contribution in [0, 0.1) is 12.7 Å². The van der Waals surface area contributed by atoms with Crippen LogP contribution in [0.5, 0.6) is 0 Å². The Labute approximate surface area is 182 Å². The smallest absolute Gasteiger partial charge is 0.141 e. The predicted molar refractivity (Wildman–Crippen MR) is 122 cm³/mol. The number of anilines is 1. The van der Waals surface area contributed by atoms with E-state index in [1.807, 2.05) is 6.92 Å². The van der Waals surface area contributed by atoms with Crippen molar-refractivity contribution in [3.05, 3.63) is 53.4 Å². The molecule has 0 bridgehead atoms. The van der Waals surface area contributed by atoms with Gasteiger partial charge in [-0.25, -0.2) is 9.37 Å². The van der Waals surface area contributed by atoms with Crippen LogP contribution >= 0.6 is 0 Å². The van der Waals surface area contributed by atoms with Crippen molar-refractivity contribution in [2.24, 2.45) is 0 Å². The Morgan fingerprint density at radius 1 is 1.13 bits per heavy atom. The van der Waals surface area contributed by atoms with Gasteiger partial charge in [-0.1, -0.05) is 13.0 Å². The van der Waals surface area contributed by atoms with Gasteiger partial charge in [-0.2, -0.15) is 0 Å². The van der Waals surface area contributed by atoms with Crippen molar-refractivity contribution >= 4 is 16.7 Å². The zero-order valence-corrected chi connectivity index (χ0v) is 18.4. The summed E-state index contributed by atoms with van der Waals surface area (Å²) in [6, 6.07) is 8.26. The molecule has 2 saturated heterocycles. The van der Waals surface area contributed by atoms with E-state index in [2.05, 4.69) is 50.2 Å². The lowest BCUT2D eigenvalue weighted by Gasteiger charge is -2.35. The van der Waals surface area contributed by atoms with Crippen LogP contribution in [-0.2, 0) is 0 Å². The summed E-state index contributed by atoms with van der Waals surface area (Å²) < 4.78 is 13.5. The molecule has 2 atom stereocenters. The Morgan fingerprint density at radius 3 is 2.71 bits per heavy atom. The Morgan fingerprint density at radius 2 is 1.94 bits per heavy atom. The summed E-state index contributed by atoms with van der Waals surface area (Å²) in [4.78, 5) is 18.0. The van der Waals surface area contributed by atoms with Crippen molar-refractivity contribution in [2.45, 2.75) is 45.2 Å². The van der Waals surface area contributed by atoms with E-state index in [0.29, 0.717) is 0 Å². The molecule has 164 valence electrons. The number of piperidine rings is 1. The third-order valence-electron chi connectivity index (χ3n) is 6.80. The van der Waals surface area contributed by atoms with E-state index in [1.165, 1.54) is 11.9 Å². The lowest BCUT2D eigenvalue weighted by Crippen LogP contribution is -2.46. The maximum atomic E-state index is 13.5. The fourth-order valence-corrected chi connectivity index (χ4v) is 5.04. The third-order valence-corrected chi connectivity index (χ3v) is 6.80. The van der Waals surface area contributed by atoms with Crippen molar-refractivity contribution in [2.75, 3.05) is 37.6 Å². The second-order valence-corrected chi connectivity index (χ2v) is 8.78. The number of para-hydroxylation sites is 1. The molecular formula is C24H31FN6. The molecule has 6 nitrogen and oxygen atoms in total. The molecule has 1 aromatic carbocycles. The zero-order valence-electron chi connectivity index (χ0n) is 18.4. The van der Waals surface area contributed by atoms with Crippen LogP contribution < -0.4 is 10.2 Å². The summed E-state index contributed by atoms with van der Waals surface area (Å²) in [5.41, 5.74) is 5.21. The van der Waals surface area contributed by atoms with Crippen LogP contribution in [0.1, 0.15) is 55.4 Å². The number of H-pyrrole nitrogens is 1. The van der Waals surface area contributed by atoms with E-state index < -0.39 is 0 Å². The molecule has 5 rings (SSSR count). The summed E-state index contributed by atoms with van der Waals surface area (Å²) >= 11 is 0. The number of halogens is 1. The number of likely N-dealkylation sites (N-methyl/N-ethyl adjacent to an activating group) is 1. The number of imidazole rings is 1. The van der Waals surface area contributed by atoms with Gasteiger partial charge in [0, 0.05) is 26.2 Å². The molecular weight excluding hydrogens is 391 g/mol. The topological polar surface area (TPSA) is 60.1 Å². The quantitative estimate of drug-likeness (QED) is 0.663. The number of fused-ring (bicyclic) bond motifs is 1. The molecule has 4 heterocycles. The number of aromatic amines is 1. The second kappa shape index (κ2) is 8.55.